The lowest BCUT2D eigenvalue weighted by Gasteiger charge is -2.36. The average Bonchev–Trinajstić information content (AvgIpc) is 2.62. The van der Waals surface area contributed by atoms with Crippen molar-refractivity contribution in [2.75, 3.05) is 43.9 Å². The normalized spacial score (nSPS) is 14.7. The van der Waals surface area contributed by atoms with Gasteiger partial charge in [0, 0.05) is 43.1 Å². The minimum absolute atomic E-state index is 0.0689. The highest BCUT2D eigenvalue weighted by atomic mass is 16.5. The summed E-state index contributed by atoms with van der Waals surface area (Å²) in [7, 11) is 1.66. The molecule has 120 valence electrons. The number of anilines is 2. The summed E-state index contributed by atoms with van der Waals surface area (Å²) < 4.78 is 5.18. The fourth-order valence-electron chi connectivity index (χ4n) is 2.77. The molecule has 1 fully saturated rings. The molecule has 1 amide bonds. The monoisotopic (exact) mass is 311 g/mol. The lowest BCUT2D eigenvalue weighted by molar-refractivity contribution is 0.0747. The zero-order valence-electron chi connectivity index (χ0n) is 13.2. The number of benzene rings is 2. The summed E-state index contributed by atoms with van der Waals surface area (Å²) in [4.78, 5) is 16.7. The van der Waals surface area contributed by atoms with E-state index in [-0.39, 0.29) is 5.91 Å². The Bertz CT molecular complexity index is 660. The van der Waals surface area contributed by atoms with E-state index in [0.717, 1.165) is 37.6 Å². The summed E-state index contributed by atoms with van der Waals surface area (Å²) >= 11 is 0. The molecule has 0 aliphatic carbocycles. The number of hydrogen-bond acceptors (Lipinski definition) is 4. The van der Waals surface area contributed by atoms with Crippen LogP contribution in [0.3, 0.4) is 0 Å². The van der Waals surface area contributed by atoms with E-state index in [9.17, 15) is 4.79 Å². The Morgan fingerprint density at radius 3 is 2.13 bits per heavy atom. The summed E-state index contributed by atoms with van der Waals surface area (Å²) in [6.45, 7) is 3.09. The molecule has 0 radical (unpaired) electrons. The lowest BCUT2D eigenvalue weighted by Crippen LogP contribution is -2.48. The number of carbonyl (C=O) groups is 1. The number of amides is 1. The van der Waals surface area contributed by atoms with Crippen molar-refractivity contribution in [1.29, 1.82) is 0 Å². The topological polar surface area (TPSA) is 58.8 Å². The molecular weight excluding hydrogens is 290 g/mol. The molecule has 0 saturated carbocycles. The van der Waals surface area contributed by atoms with Crippen LogP contribution in [0, 0.1) is 0 Å². The number of nitrogens with zero attached hydrogens (tertiary/aromatic N) is 2. The molecule has 1 aliphatic heterocycles. The number of carbonyl (C=O) groups excluding carboxylic acids is 1. The molecule has 5 nitrogen and oxygen atoms in total. The van der Waals surface area contributed by atoms with E-state index in [4.69, 9.17) is 10.5 Å². The van der Waals surface area contributed by atoms with Gasteiger partial charge in [0.05, 0.1) is 7.11 Å². The van der Waals surface area contributed by atoms with E-state index in [1.165, 1.54) is 0 Å². The molecule has 0 bridgehead atoms. The zero-order valence-corrected chi connectivity index (χ0v) is 13.2. The number of nitrogens with two attached hydrogens (primary N) is 1. The van der Waals surface area contributed by atoms with E-state index in [2.05, 4.69) is 17.0 Å². The van der Waals surface area contributed by atoms with E-state index < -0.39 is 0 Å². The molecule has 0 atom stereocenters. The van der Waals surface area contributed by atoms with Crippen LogP contribution in [0.1, 0.15) is 10.4 Å². The highest BCUT2D eigenvalue weighted by molar-refractivity contribution is 5.94. The summed E-state index contributed by atoms with van der Waals surface area (Å²) in [6.07, 6.45) is 0. The summed E-state index contributed by atoms with van der Waals surface area (Å²) in [6, 6.07) is 15.1. The SMILES string of the molecule is COc1ccc(N2CCN(C(=O)c3ccc(N)cc3)CC2)cc1. The number of rotatable bonds is 3. The molecular formula is C18H21N3O2. The quantitative estimate of drug-likeness (QED) is 0.883. The van der Waals surface area contributed by atoms with Gasteiger partial charge in [0.15, 0.2) is 0 Å². The van der Waals surface area contributed by atoms with Gasteiger partial charge in [0.1, 0.15) is 5.75 Å². The molecule has 23 heavy (non-hydrogen) atoms. The minimum atomic E-state index is 0.0689. The van der Waals surface area contributed by atoms with Gasteiger partial charge in [-0.2, -0.15) is 0 Å². The second-order valence-electron chi connectivity index (χ2n) is 5.60. The van der Waals surface area contributed by atoms with Crippen LogP contribution in [0.2, 0.25) is 0 Å². The van der Waals surface area contributed by atoms with Crippen LogP contribution in [0.4, 0.5) is 11.4 Å². The van der Waals surface area contributed by atoms with Crippen molar-refractivity contribution in [3.8, 4) is 5.75 Å². The van der Waals surface area contributed by atoms with Gasteiger partial charge in [0.2, 0.25) is 0 Å². The van der Waals surface area contributed by atoms with Crippen LogP contribution in [-0.4, -0.2) is 44.1 Å². The van der Waals surface area contributed by atoms with Crippen LogP contribution in [-0.2, 0) is 0 Å². The number of nitrogen functional groups attached to an aromatic ring is 1. The molecule has 2 N–H and O–H groups in total. The third kappa shape index (κ3) is 3.39. The zero-order chi connectivity index (χ0) is 16.2. The maximum absolute atomic E-state index is 12.5. The summed E-state index contributed by atoms with van der Waals surface area (Å²) in [5, 5.41) is 0. The first-order chi connectivity index (χ1) is 11.2. The van der Waals surface area contributed by atoms with Crippen molar-refractivity contribution < 1.29 is 9.53 Å². The molecule has 0 spiro atoms. The Morgan fingerprint density at radius 2 is 1.57 bits per heavy atom. The largest absolute Gasteiger partial charge is 0.497 e. The standard InChI is InChI=1S/C18H21N3O2/c1-23-17-8-6-16(7-9-17)20-10-12-21(13-11-20)18(22)14-2-4-15(19)5-3-14/h2-9H,10-13,19H2,1H3. The molecule has 3 rings (SSSR count). The highest BCUT2D eigenvalue weighted by Crippen LogP contribution is 2.21. The van der Waals surface area contributed by atoms with Crippen LogP contribution in [0.5, 0.6) is 5.75 Å². The molecule has 1 saturated heterocycles. The predicted octanol–water partition coefficient (Wildman–Crippen LogP) is 2.24. The van der Waals surface area contributed by atoms with E-state index in [1.54, 1.807) is 31.4 Å². The third-order valence-corrected chi connectivity index (χ3v) is 4.16. The van der Waals surface area contributed by atoms with E-state index in [0.29, 0.717) is 11.3 Å². The van der Waals surface area contributed by atoms with E-state index in [1.807, 2.05) is 17.0 Å². The summed E-state index contributed by atoms with van der Waals surface area (Å²) in [5.41, 5.74) is 8.19. The second-order valence-corrected chi connectivity index (χ2v) is 5.60. The van der Waals surface area contributed by atoms with E-state index >= 15 is 0 Å². The van der Waals surface area contributed by atoms with Gasteiger partial charge in [-0.05, 0) is 48.5 Å². The lowest BCUT2D eigenvalue weighted by atomic mass is 10.1. The van der Waals surface area contributed by atoms with Crippen molar-refractivity contribution in [1.82, 2.24) is 4.90 Å². The fourth-order valence-corrected chi connectivity index (χ4v) is 2.77. The molecule has 2 aromatic carbocycles. The van der Waals surface area contributed by atoms with Crippen molar-refractivity contribution in [3.63, 3.8) is 0 Å². The van der Waals surface area contributed by atoms with Gasteiger partial charge < -0.3 is 20.3 Å². The van der Waals surface area contributed by atoms with Crippen molar-refractivity contribution in [3.05, 3.63) is 54.1 Å². The number of ether oxygens (including phenoxy) is 1. The van der Waals surface area contributed by atoms with Crippen LogP contribution in [0.15, 0.2) is 48.5 Å². The fraction of sp³-hybridized carbons (Fsp3) is 0.278. The van der Waals surface area contributed by atoms with Gasteiger partial charge in [-0.3, -0.25) is 4.79 Å². The molecule has 1 heterocycles. The Morgan fingerprint density at radius 1 is 0.957 bits per heavy atom. The first kappa shape index (κ1) is 15.2. The molecule has 2 aromatic rings. The second kappa shape index (κ2) is 6.60. The number of methoxy groups -OCH3 is 1. The smallest absolute Gasteiger partial charge is 0.253 e. The Labute approximate surface area is 136 Å². The maximum atomic E-state index is 12.5. The number of piperazine rings is 1. The summed E-state index contributed by atoms with van der Waals surface area (Å²) in [5.74, 6) is 0.922. The van der Waals surface area contributed by atoms with Gasteiger partial charge in [-0.1, -0.05) is 0 Å². The number of hydrogen-bond donors (Lipinski definition) is 1. The Balaban J connectivity index is 1.61. The average molecular weight is 311 g/mol. The third-order valence-electron chi connectivity index (χ3n) is 4.16. The van der Waals surface area contributed by atoms with Crippen molar-refractivity contribution >= 4 is 17.3 Å². The Hall–Kier alpha value is -2.69. The van der Waals surface area contributed by atoms with Crippen LogP contribution >= 0.6 is 0 Å². The van der Waals surface area contributed by atoms with Crippen LogP contribution in [0.25, 0.3) is 0 Å². The van der Waals surface area contributed by atoms with Gasteiger partial charge in [-0.15, -0.1) is 0 Å². The first-order valence-electron chi connectivity index (χ1n) is 7.71. The first-order valence-corrected chi connectivity index (χ1v) is 7.71. The van der Waals surface area contributed by atoms with Gasteiger partial charge in [-0.25, -0.2) is 0 Å². The van der Waals surface area contributed by atoms with Crippen LogP contribution < -0.4 is 15.4 Å². The minimum Gasteiger partial charge on any atom is -0.497 e. The van der Waals surface area contributed by atoms with Crippen molar-refractivity contribution in [2.45, 2.75) is 0 Å². The molecule has 0 unspecified atom stereocenters. The van der Waals surface area contributed by atoms with Gasteiger partial charge >= 0.3 is 0 Å². The molecule has 5 heteroatoms. The van der Waals surface area contributed by atoms with Crippen molar-refractivity contribution in [2.24, 2.45) is 0 Å². The predicted molar refractivity (Wildman–Crippen MR) is 92.0 cm³/mol. The van der Waals surface area contributed by atoms with Gasteiger partial charge in [0.25, 0.3) is 5.91 Å². The highest BCUT2D eigenvalue weighted by Gasteiger charge is 2.22. The molecule has 0 aromatic heterocycles. The molecule has 1 aliphatic rings. The Kier molecular flexibility index (Phi) is 4.37. The maximum Gasteiger partial charge on any atom is 0.253 e.